The molecule has 4 saturated carbocycles. The summed E-state index contributed by atoms with van der Waals surface area (Å²) in [5.41, 5.74) is 0.351. The van der Waals surface area contributed by atoms with Crippen LogP contribution < -0.4 is 0 Å². The average Bonchev–Trinajstić information content (AvgIpc) is 3.25. The summed E-state index contributed by atoms with van der Waals surface area (Å²) in [7, 11) is -1.34. The molecule has 2 unspecified atom stereocenters. The summed E-state index contributed by atoms with van der Waals surface area (Å²) < 4.78 is 74.5. The van der Waals surface area contributed by atoms with Crippen molar-refractivity contribution in [3.8, 4) is 0 Å². The number of Topliss-reactive ketones (excluding diaryl/α,β-unsaturated/α-hetero) is 1. The Balaban J connectivity index is 1.10. The van der Waals surface area contributed by atoms with E-state index >= 15 is 0 Å². The van der Waals surface area contributed by atoms with E-state index in [1.807, 2.05) is 0 Å². The van der Waals surface area contributed by atoms with Crippen molar-refractivity contribution in [3.63, 3.8) is 0 Å². The summed E-state index contributed by atoms with van der Waals surface area (Å²) in [6.07, 6.45) is 11.9. The van der Waals surface area contributed by atoms with Crippen LogP contribution in [0.25, 0.3) is 0 Å². The largest absolute Gasteiger partial charge is 0.453 e. The number of rotatable bonds is 16. The molecule has 0 radical (unpaired) electrons. The van der Waals surface area contributed by atoms with Crippen molar-refractivity contribution in [2.45, 2.75) is 160 Å². The highest BCUT2D eigenvalue weighted by Gasteiger charge is 2.62. The minimum absolute atomic E-state index is 0.0660. The molecule has 4 rings (SSSR count). The van der Waals surface area contributed by atoms with Gasteiger partial charge < -0.3 is 5.11 Å². The fraction of sp³-hybridized carbons (Fsp3) is 0.971. The Kier molecular flexibility index (Phi) is 12.5. The first-order chi connectivity index (χ1) is 20.7. The predicted octanol–water partition coefficient (Wildman–Crippen LogP) is 9.81. The number of ketones is 1. The number of aliphatic hydroxyl groups excluding tert-OH is 1. The van der Waals surface area contributed by atoms with Gasteiger partial charge in [0.25, 0.3) is 0 Å². The van der Waals surface area contributed by atoms with Crippen LogP contribution in [0, 0.1) is 40.4 Å². The van der Waals surface area contributed by atoms with Crippen LogP contribution in [0.5, 0.6) is 0 Å². The summed E-state index contributed by atoms with van der Waals surface area (Å²) in [5.74, 6) is -0.772. The number of carbonyl (C=O) groups excluding carboxylic acids is 1. The third-order valence-electron chi connectivity index (χ3n) is 12.8. The highest BCUT2D eigenvalue weighted by molar-refractivity contribution is 7.84. The number of halogens is 5. The normalized spacial score (nSPS) is 36.5. The summed E-state index contributed by atoms with van der Waals surface area (Å²) in [4.78, 5) is 12.5. The quantitative estimate of drug-likeness (QED) is 0.133. The molecule has 0 aromatic heterocycles. The second kappa shape index (κ2) is 15.1. The van der Waals surface area contributed by atoms with Crippen molar-refractivity contribution in [2.24, 2.45) is 40.4 Å². The van der Waals surface area contributed by atoms with E-state index in [0.29, 0.717) is 47.5 Å². The molecular formula is C35H57F5O3S. The van der Waals surface area contributed by atoms with E-state index in [4.69, 9.17) is 0 Å². The number of unbranched alkanes of at least 4 members (excludes halogenated alkanes) is 8. The van der Waals surface area contributed by atoms with Gasteiger partial charge in [-0.25, -0.2) is 0 Å². The Bertz CT molecular complexity index is 973. The van der Waals surface area contributed by atoms with Crippen molar-refractivity contribution in [3.05, 3.63) is 0 Å². The van der Waals surface area contributed by atoms with E-state index < -0.39 is 29.3 Å². The minimum atomic E-state index is -5.54. The Morgan fingerprint density at radius 2 is 1.39 bits per heavy atom. The van der Waals surface area contributed by atoms with Crippen molar-refractivity contribution in [2.75, 3.05) is 11.5 Å². The van der Waals surface area contributed by atoms with Gasteiger partial charge in [-0.1, -0.05) is 71.6 Å². The third kappa shape index (κ3) is 8.28. The van der Waals surface area contributed by atoms with Crippen LogP contribution in [-0.2, 0) is 15.6 Å². The van der Waals surface area contributed by atoms with Gasteiger partial charge in [0.15, 0.2) is 0 Å². The molecule has 0 heterocycles. The first-order valence-corrected chi connectivity index (χ1v) is 19.2. The highest BCUT2D eigenvalue weighted by atomic mass is 32.2. The maximum absolute atomic E-state index is 13.0. The smallest absolute Gasteiger partial charge is 0.393 e. The van der Waals surface area contributed by atoms with E-state index in [2.05, 4.69) is 13.8 Å². The lowest BCUT2D eigenvalue weighted by molar-refractivity contribution is -0.284. The molecule has 0 spiro atoms. The summed E-state index contributed by atoms with van der Waals surface area (Å²) in [6.45, 7) is 4.85. The molecule has 1 N–H and O–H groups in total. The first kappa shape index (κ1) is 36.3. The number of aliphatic hydroxyl groups is 1. The number of hydrogen-bond acceptors (Lipinski definition) is 3. The molecule has 0 bridgehead atoms. The lowest BCUT2D eigenvalue weighted by Gasteiger charge is -2.62. The molecule has 4 fully saturated rings. The second-order valence-corrected chi connectivity index (χ2v) is 17.2. The van der Waals surface area contributed by atoms with Gasteiger partial charge in [0.05, 0.1) is 6.10 Å². The number of hydrogen-bond donors (Lipinski definition) is 1. The average molecular weight is 653 g/mol. The predicted molar refractivity (Wildman–Crippen MR) is 166 cm³/mol. The zero-order valence-electron chi connectivity index (χ0n) is 27.1. The van der Waals surface area contributed by atoms with Crippen LogP contribution in [0.4, 0.5) is 22.0 Å². The van der Waals surface area contributed by atoms with E-state index in [1.165, 1.54) is 44.9 Å². The second-order valence-electron chi connectivity index (χ2n) is 15.5. The molecule has 0 aromatic rings. The standard InChI is InChI=1S/C35H57F5O3S/c1-32-19-16-27(41)24-26(32)23-25(31-28-14-15-30(42)33(28,2)20-17-29(31)32)13-10-8-6-4-3-5-7-9-11-21-44(43)22-12-18-34(36,37)35(38,39)40/h25-26,28-31,42H,3-24H2,1-2H3/t25-,26?,28+,29+,30+,31+,32+,33+,44?/m1/s1. The van der Waals surface area contributed by atoms with Crippen LogP contribution in [0.3, 0.4) is 0 Å². The molecule has 44 heavy (non-hydrogen) atoms. The zero-order valence-corrected chi connectivity index (χ0v) is 27.9. The molecule has 0 aromatic carbocycles. The first-order valence-electron chi connectivity index (χ1n) is 17.7. The molecule has 9 atom stereocenters. The topological polar surface area (TPSA) is 54.4 Å². The molecule has 3 nitrogen and oxygen atoms in total. The Labute approximate surface area is 264 Å². The number of fused-ring (bicyclic) bond motifs is 5. The van der Waals surface area contributed by atoms with Gasteiger partial charge in [-0.15, -0.1) is 0 Å². The van der Waals surface area contributed by atoms with Gasteiger partial charge in [0, 0.05) is 41.6 Å². The van der Waals surface area contributed by atoms with Crippen molar-refractivity contribution in [1.82, 2.24) is 0 Å². The Hall–Kier alpha value is -0.570. The molecule has 0 aliphatic heterocycles. The number of carbonyl (C=O) groups is 1. The van der Waals surface area contributed by atoms with Gasteiger partial charge >= 0.3 is 12.1 Å². The summed E-state index contributed by atoms with van der Waals surface area (Å²) >= 11 is 0. The lowest BCUT2D eigenvalue weighted by Crippen LogP contribution is -2.57. The molecule has 4 aliphatic rings. The van der Waals surface area contributed by atoms with Crippen LogP contribution in [0.1, 0.15) is 142 Å². The number of alkyl halides is 5. The maximum Gasteiger partial charge on any atom is 0.453 e. The molecule has 0 saturated heterocycles. The van der Waals surface area contributed by atoms with Gasteiger partial charge in [0.2, 0.25) is 0 Å². The zero-order chi connectivity index (χ0) is 32.2. The highest BCUT2D eigenvalue weighted by Crippen LogP contribution is 2.67. The van der Waals surface area contributed by atoms with E-state index in [9.17, 15) is 36.1 Å². The van der Waals surface area contributed by atoms with Crippen molar-refractivity contribution in [1.29, 1.82) is 0 Å². The Morgan fingerprint density at radius 1 is 0.795 bits per heavy atom. The molecule has 0 amide bonds. The van der Waals surface area contributed by atoms with Crippen LogP contribution in [0.2, 0.25) is 0 Å². The summed E-state index contributed by atoms with van der Waals surface area (Å²) in [6, 6.07) is 0. The maximum atomic E-state index is 13.0. The van der Waals surface area contributed by atoms with Crippen molar-refractivity contribution >= 4 is 16.6 Å². The minimum Gasteiger partial charge on any atom is -0.393 e. The third-order valence-corrected chi connectivity index (χ3v) is 14.3. The molecular weight excluding hydrogens is 595 g/mol. The van der Waals surface area contributed by atoms with Crippen LogP contribution in [0.15, 0.2) is 0 Å². The molecule has 9 heteroatoms. The van der Waals surface area contributed by atoms with Gasteiger partial charge in [-0.3, -0.25) is 9.00 Å². The lowest BCUT2D eigenvalue weighted by atomic mass is 9.42. The fourth-order valence-electron chi connectivity index (χ4n) is 10.1. The monoisotopic (exact) mass is 652 g/mol. The Morgan fingerprint density at radius 3 is 2.05 bits per heavy atom. The van der Waals surface area contributed by atoms with E-state index in [0.717, 1.165) is 64.2 Å². The van der Waals surface area contributed by atoms with E-state index in [-0.39, 0.29) is 29.1 Å². The molecule has 256 valence electrons. The fourth-order valence-corrected chi connectivity index (χ4v) is 11.3. The van der Waals surface area contributed by atoms with Gasteiger partial charge in [-0.2, -0.15) is 22.0 Å². The summed E-state index contributed by atoms with van der Waals surface area (Å²) in [5, 5.41) is 10.9. The van der Waals surface area contributed by atoms with Crippen LogP contribution in [-0.4, -0.2) is 44.8 Å². The van der Waals surface area contributed by atoms with Crippen LogP contribution >= 0.6 is 0 Å². The van der Waals surface area contributed by atoms with Crippen molar-refractivity contribution < 1.29 is 36.1 Å². The SMILES string of the molecule is C[C@]12CC[C@H]3[C@@H]([C@H](CCCCCCCCCCCS(=O)CCCC(F)(F)C(F)(F)F)CC4CC(=O)CC[C@@]43C)[C@@H]1CC[C@@H]2O. The molecule has 4 aliphatic carbocycles. The van der Waals surface area contributed by atoms with E-state index in [1.54, 1.807) is 0 Å². The van der Waals surface area contributed by atoms with Gasteiger partial charge in [-0.05, 0) is 91.8 Å². The van der Waals surface area contributed by atoms with Gasteiger partial charge in [0.1, 0.15) is 5.78 Å².